The van der Waals surface area contributed by atoms with Gasteiger partial charge in [-0.15, -0.1) is 12.6 Å². The summed E-state index contributed by atoms with van der Waals surface area (Å²) in [6.07, 6.45) is 0. The Labute approximate surface area is 124 Å². The fraction of sp³-hybridized carbons (Fsp3) is 0.188. The number of carbonyl (C=O) groups excluding carboxylic acids is 1. The van der Waals surface area contributed by atoms with E-state index in [4.69, 9.17) is 4.74 Å². The lowest BCUT2D eigenvalue weighted by Gasteiger charge is -2.11. The monoisotopic (exact) mass is 287 g/mol. The molecule has 0 saturated heterocycles. The smallest absolute Gasteiger partial charge is 0.251 e. The molecule has 0 aliphatic carbocycles. The van der Waals surface area contributed by atoms with Crippen LogP contribution >= 0.6 is 12.6 Å². The molecule has 2 aromatic rings. The molecule has 1 N–H and O–H groups in total. The molecule has 0 unspecified atom stereocenters. The number of amides is 1. The molecule has 20 heavy (non-hydrogen) atoms. The van der Waals surface area contributed by atoms with E-state index in [9.17, 15) is 4.79 Å². The van der Waals surface area contributed by atoms with Crippen molar-refractivity contribution in [3.63, 3.8) is 0 Å². The molecule has 104 valence electrons. The number of hydrogen-bond acceptors (Lipinski definition) is 3. The van der Waals surface area contributed by atoms with Crippen LogP contribution in [0.5, 0.6) is 5.75 Å². The first kappa shape index (κ1) is 14.5. The number of methoxy groups -OCH3 is 1. The van der Waals surface area contributed by atoms with Crippen LogP contribution < -0.4 is 10.1 Å². The maximum atomic E-state index is 12.2. The Bertz CT molecular complexity index is 626. The third-order valence-electron chi connectivity index (χ3n) is 3.10. The van der Waals surface area contributed by atoms with Gasteiger partial charge in [0.25, 0.3) is 5.91 Å². The number of nitrogens with one attached hydrogen (secondary N) is 1. The maximum absolute atomic E-state index is 12.2. The van der Waals surface area contributed by atoms with Gasteiger partial charge < -0.3 is 10.1 Å². The third kappa shape index (κ3) is 3.33. The average molecular weight is 287 g/mol. The average Bonchev–Trinajstić information content (AvgIpc) is 2.47. The molecule has 0 radical (unpaired) electrons. The predicted molar refractivity (Wildman–Crippen MR) is 82.6 cm³/mol. The van der Waals surface area contributed by atoms with Gasteiger partial charge in [-0.25, -0.2) is 0 Å². The quantitative estimate of drug-likeness (QED) is 0.847. The highest BCUT2D eigenvalue weighted by Crippen LogP contribution is 2.18. The van der Waals surface area contributed by atoms with Crippen molar-refractivity contribution in [3.05, 3.63) is 59.2 Å². The van der Waals surface area contributed by atoms with E-state index in [0.29, 0.717) is 12.1 Å². The zero-order chi connectivity index (χ0) is 14.5. The summed E-state index contributed by atoms with van der Waals surface area (Å²) in [6, 6.07) is 13.2. The molecule has 2 rings (SSSR count). The molecular weight excluding hydrogens is 270 g/mol. The lowest BCUT2D eigenvalue weighted by molar-refractivity contribution is 0.0950. The summed E-state index contributed by atoms with van der Waals surface area (Å²) in [5.41, 5.74) is 2.52. The summed E-state index contributed by atoms with van der Waals surface area (Å²) in [6.45, 7) is 2.34. The van der Waals surface area contributed by atoms with Crippen molar-refractivity contribution < 1.29 is 9.53 Å². The second kappa shape index (κ2) is 6.48. The lowest BCUT2D eigenvalue weighted by atomic mass is 10.1. The van der Waals surface area contributed by atoms with Crippen molar-refractivity contribution in [2.24, 2.45) is 0 Å². The minimum atomic E-state index is -0.107. The van der Waals surface area contributed by atoms with Gasteiger partial charge >= 0.3 is 0 Å². The minimum absolute atomic E-state index is 0.107. The molecule has 0 bridgehead atoms. The molecule has 0 saturated carbocycles. The standard InChI is InChI=1S/C16H17NO2S/c1-11-7-8-13(20)9-14(11)16(18)17-10-12-5-3-4-6-15(12)19-2/h3-9,20H,10H2,1-2H3,(H,17,18). The van der Waals surface area contributed by atoms with Gasteiger partial charge in [0.2, 0.25) is 0 Å². The predicted octanol–water partition coefficient (Wildman–Crippen LogP) is 3.22. The molecule has 0 fully saturated rings. The van der Waals surface area contributed by atoms with Gasteiger partial charge in [-0.3, -0.25) is 4.79 Å². The topological polar surface area (TPSA) is 38.3 Å². The summed E-state index contributed by atoms with van der Waals surface area (Å²) < 4.78 is 5.26. The summed E-state index contributed by atoms with van der Waals surface area (Å²) in [7, 11) is 1.62. The molecule has 0 aromatic heterocycles. The summed E-state index contributed by atoms with van der Waals surface area (Å²) in [5, 5.41) is 2.91. The first-order valence-electron chi connectivity index (χ1n) is 6.31. The van der Waals surface area contributed by atoms with Crippen LogP contribution in [0.4, 0.5) is 0 Å². The van der Waals surface area contributed by atoms with Gasteiger partial charge in [0.15, 0.2) is 0 Å². The number of rotatable bonds is 4. The first-order chi connectivity index (χ1) is 9.61. The third-order valence-corrected chi connectivity index (χ3v) is 3.38. The Morgan fingerprint density at radius 1 is 1.25 bits per heavy atom. The van der Waals surface area contributed by atoms with E-state index in [0.717, 1.165) is 21.8 Å². The number of thiol groups is 1. The Hall–Kier alpha value is -1.94. The molecule has 3 nitrogen and oxygen atoms in total. The van der Waals surface area contributed by atoms with Crippen LogP contribution in [0.15, 0.2) is 47.4 Å². The molecule has 2 aromatic carbocycles. The van der Waals surface area contributed by atoms with Gasteiger partial charge in [0, 0.05) is 22.6 Å². The van der Waals surface area contributed by atoms with Crippen molar-refractivity contribution in [3.8, 4) is 5.75 Å². The van der Waals surface area contributed by atoms with E-state index >= 15 is 0 Å². The van der Waals surface area contributed by atoms with Gasteiger partial charge in [0.05, 0.1) is 7.11 Å². The second-order valence-corrected chi connectivity index (χ2v) is 5.01. The molecule has 0 aliphatic rings. The van der Waals surface area contributed by atoms with Gasteiger partial charge in [-0.1, -0.05) is 24.3 Å². The van der Waals surface area contributed by atoms with Crippen molar-refractivity contribution in [1.82, 2.24) is 5.32 Å². The first-order valence-corrected chi connectivity index (χ1v) is 6.76. The van der Waals surface area contributed by atoms with E-state index in [1.165, 1.54) is 0 Å². The van der Waals surface area contributed by atoms with Crippen molar-refractivity contribution in [1.29, 1.82) is 0 Å². The van der Waals surface area contributed by atoms with E-state index < -0.39 is 0 Å². The highest BCUT2D eigenvalue weighted by molar-refractivity contribution is 7.80. The minimum Gasteiger partial charge on any atom is -0.496 e. The summed E-state index contributed by atoms with van der Waals surface area (Å²) >= 11 is 4.27. The molecule has 0 spiro atoms. The number of ether oxygens (including phenoxy) is 1. The van der Waals surface area contributed by atoms with E-state index in [1.807, 2.05) is 43.3 Å². The van der Waals surface area contributed by atoms with Crippen molar-refractivity contribution in [2.45, 2.75) is 18.4 Å². The largest absolute Gasteiger partial charge is 0.496 e. The zero-order valence-electron chi connectivity index (χ0n) is 11.5. The fourth-order valence-corrected chi connectivity index (χ4v) is 2.18. The molecule has 4 heteroatoms. The summed E-state index contributed by atoms with van der Waals surface area (Å²) in [5.74, 6) is 0.664. The Morgan fingerprint density at radius 2 is 2.00 bits per heavy atom. The lowest BCUT2D eigenvalue weighted by Crippen LogP contribution is -2.23. The molecular formula is C16H17NO2S. The molecule has 0 heterocycles. The number of aryl methyl sites for hydroxylation is 1. The van der Waals surface area contributed by atoms with Crippen molar-refractivity contribution >= 4 is 18.5 Å². The normalized spacial score (nSPS) is 10.2. The van der Waals surface area contributed by atoms with Crippen LogP contribution in [0.25, 0.3) is 0 Å². The van der Waals surface area contributed by atoms with Crippen LogP contribution in [0.3, 0.4) is 0 Å². The number of benzene rings is 2. The van der Waals surface area contributed by atoms with Gasteiger partial charge in [-0.05, 0) is 30.7 Å². The van der Waals surface area contributed by atoms with Gasteiger partial charge in [-0.2, -0.15) is 0 Å². The summed E-state index contributed by atoms with van der Waals surface area (Å²) in [4.78, 5) is 13.0. The highest BCUT2D eigenvalue weighted by atomic mass is 32.1. The number of para-hydroxylation sites is 1. The van der Waals surface area contributed by atoms with Crippen LogP contribution in [0.2, 0.25) is 0 Å². The maximum Gasteiger partial charge on any atom is 0.251 e. The van der Waals surface area contributed by atoms with Crippen LogP contribution in [0, 0.1) is 6.92 Å². The van der Waals surface area contributed by atoms with Crippen molar-refractivity contribution in [2.75, 3.05) is 7.11 Å². The fourth-order valence-electron chi connectivity index (χ4n) is 1.97. The molecule has 1 amide bonds. The Morgan fingerprint density at radius 3 is 2.75 bits per heavy atom. The zero-order valence-corrected chi connectivity index (χ0v) is 12.4. The highest BCUT2D eigenvalue weighted by Gasteiger charge is 2.10. The van der Waals surface area contributed by atoms with Crippen LogP contribution in [-0.2, 0) is 6.54 Å². The van der Waals surface area contributed by atoms with E-state index in [-0.39, 0.29) is 5.91 Å². The number of hydrogen-bond donors (Lipinski definition) is 2. The molecule has 0 atom stereocenters. The molecule has 0 aliphatic heterocycles. The van der Waals surface area contributed by atoms with E-state index in [1.54, 1.807) is 13.2 Å². The SMILES string of the molecule is COc1ccccc1CNC(=O)c1cc(S)ccc1C. The van der Waals surface area contributed by atoms with Crippen LogP contribution in [0.1, 0.15) is 21.5 Å². The van der Waals surface area contributed by atoms with E-state index in [2.05, 4.69) is 17.9 Å². The van der Waals surface area contributed by atoms with Crippen LogP contribution in [-0.4, -0.2) is 13.0 Å². The van der Waals surface area contributed by atoms with Gasteiger partial charge in [0.1, 0.15) is 5.75 Å². The number of carbonyl (C=O) groups is 1. The Balaban J connectivity index is 2.11. The second-order valence-electron chi connectivity index (χ2n) is 4.49. The Kier molecular flexibility index (Phi) is 4.69.